The van der Waals surface area contributed by atoms with Gasteiger partial charge in [0.2, 0.25) is 0 Å². The minimum absolute atomic E-state index is 0.00333. The number of halogens is 4. The molecule has 8 aliphatic carbocycles. The largest absolute Gasteiger partial charge is 0.524 e. The minimum Gasteiger partial charge on any atom is -0.406 e. The van der Waals surface area contributed by atoms with E-state index in [-0.39, 0.29) is 68.2 Å². The summed E-state index contributed by atoms with van der Waals surface area (Å²) in [6.07, 6.45) is 8.44. The van der Waals surface area contributed by atoms with Gasteiger partial charge < -0.3 is 18.5 Å². The number of phosphoric ester groups is 1. The minimum atomic E-state index is -4.96. The third-order valence-electron chi connectivity index (χ3n) is 13.9. The average molecular weight is 866 g/mol. The number of hydrogen-bond donors (Lipinski definition) is 2. The summed E-state index contributed by atoms with van der Waals surface area (Å²) in [5.41, 5.74) is -0.788. The Morgan fingerprint density at radius 1 is 0.685 bits per heavy atom. The fourth-order valence-electron chi connectivity index (χ4n) is 12.6. The fourth-order valence-corrected chi connectivity index (χ4v) is 14.8. The van der Waals surface area contributed by atoms with Gasteiger partial charge in [-0.05, 0) is 124 Å². The van der Waals surface area contributed by atoms with Gasteiger partial charge in [0.25, 0.3) is 11.6 Å². The van der Waals surface area contributed by atoms with Crippen LogP contribution in [-0.4, -0.2) is 44.0 Å². The van der Waals surface area contributed by atoms with Crippen molar-refractivity contribution >= 4 is 62.9 Å². The van der Waals surface area contributed by atoms with Crippen LogP contribution in [-0.2, 0) is 49.7 Å². The van der Waals surface area contributed by atoms with Crippen LogP contribution in [0.15, 0.2) is 36.4 Å². The zero-order chi connectivity index (χ0) is 37.5. The topological polar surface area (TPSA) is 148 Å². The van der Waals surface area contributed by atoms with Gasteiger partial charge in [0, 0.05) is 20.9 Å². The molecule has 8 saturated carbocycles. The summed E-state index contributed by atoms with van der Waals surface area (Å²) in [7, 11) is -5.53. The SMILES string of the molecule is O=POc1cc(C2(OCCOC3(c4ccc(Cl)c(OP(=O)(O)O)c4)OOC34C3CC5CC4CC(Cl)(C5)C3)OOC23C2CC4CC3CC(Cl)(C4)C2)ccc1Cl. The van der Waals surface area contributed by atoms with Crippen molar-refractivity contribution in [1.29, 1.82) is 0 Å². The predicted molar refractivity (Wildman–Crippen MR) is 193 cm³/mol. The number of ether oxygens (including phenoxy) is 2. The van der Waals surface area contributed by atoms with Crippen molar-refractivity contribution < 1.29 is 57.0 Å². The van der Waals surface area contributed by atoms with Crippen LogP contribution in [0.3, 0.4) is 0 Å². The van der Waals surface area contributed by atoms with Gasteiger partial charge in [0.15, 0.2) is 22.7 Å². The maximum atomic E-state index is 11.9. The summed E-state index contributed by atoms with van der Waals surface area (Å²) in [6, 6.07) is 9.76. The maximum Gasteiger partial charge on any atom is 0.524 e. The summed E-state index contributed by atoms with van der Waals surface area (Å²) in [5, 5.41) is 0.277. The Bertz CT molecular complexity index is 1920. The van der Waals surface area contributed by atoms with Gasteiger partial charge in [-0.2, -0.15) is 9.78 Å². The van der Waals surface area contributed by atoms with E-state index in [1.807, 2.05) is 0 Å². The summed E-state index contributed by atoms with van der Waals surface area (Å²) in [5.74, 6) is -1.95. The van der Waals surface area contributed by atoms with E-state index >= 15 is 0 Å². The smallest absolute Gasteiger partial charge is 0.406 e. The highest BCUT2D eigenvalue weighted by molar-refractivity contribution is 7.46. The van der Waals surface area contributed by atoms with E-state index in [0.717, 1.165) is 51.4 Å². The molecule has 2 aliphatic heterocycles. The monoisotopic (exact) mass is 864 g/mol. The first-order valence-electron chi connectivity index (χ1n) is 18.4. The van der Waals surface area contributed by atoms with E-state index in [1.54, 1.807) is 24.3 Å². The van der Waals surface area contributed by atoms with Gasteiger partial charge in [0.1, 0.15) is 0 Å². The molecule has 2 spiro atoms. The summed E-state index contributed by atoms with van der Waals surface area (Å²) in [6.45, 7) is -0.0251. The summed E-state index contributed by atoms with van der Waals surface area (Å²) < 4.78 is 47.5. The third kappa shape index (κ3) is 5.29. The van der Waals surface area contributed by atoms with Crippen molar-refractivity contribution in [2.24, 2.45) is 35.5 Å². The lowest BCUT2D eigenvalue weighted by Gasteiger charge is -2.70. The second-order valence-electron chi connectivity index (χ2n) is 16.9. The molecule has 10 aliphatic rings. The molecule has 10 fully saturated rings. The Balaban J connectivity index is 0.997. The van der Waals surface area contributed by atoms with Crippen LogP contribution in [0.5, 0.6) is 11.5 Å². The fraction of sp³-hybridized carbons (Fsp3) is 0.667. The Kier molecular flexibility index (Phi) is 8.75. The first-order chi connectivity index (χ1) is 25.7. The molecule has 0 amide bonds. The van der Waals surface area contributed by atoms with Crippen LogP contribution in [0.25, 0.3) is 0 Å². The van der Waals surface area contributed by atoms with Crippen molar-refractivity contribution in [3.8, 4) is 11.5 Å². The molecule has 6 atom stereocenters. The molecule has 8 bridgehead atoms. The number of phosphoric acid groups is 1. The number of hydrogen-bond acceptors (Lipinski definition) is 10. The molecule has 12 rings (SSSR count). The van der Waals surface area contributed by atoms with Crippen molar-refractivity contribution in [2.45, 2.75) is 96.7 Å². The molecule has 292 valence electrons. The van der Waals surface area contributed by atoms with Gasteiger partial charge >= 0.3 is 16.5 Å². The van der Waals surface area contributed by atoms with E-state index in [1.165, 1.54) is 12.1 Å². The Hall–Kier alpha value is -0.790. The number of alkyl halides is 2. The van der Waals surface area contributed by atoms with E-state index in [4.69, 9.17) is 84.5 Å². The summed E-state index contributed by atoms with van der Waals surface area (Å²) in [4.78, 5) is 43.5. The standard InChI is InChI=1S/C36H38Cl4O12P2/c37-27-3-1-21(11-29(27)47-53-41)35(33(49-51-35)23-7-19-8-24(33)16-31(39,13-19)15-23)45-5-6-46-36(22-2-4-28(38)30(12-22)48-54(42,43)44)34(50-52-36)25-9-20-10-26(34)18-32(40,14-20)17-25/h1-4,11-12,19-20,23-26H,5-10,13-18H2,(H2,42,43,44). The molecule has 0 aromatic heterocycles. The predicted octanol–water partition coefficient (Wildman–Crippen LogP) is 9.13. The van der Waals surface area contributed by atoms with Gasteiger partial charge in [-0.25, -0.2) is 18.9 Å². The third-order valence-corrected chi connectivity index (χ3v) is 16.2. The van der Waals surface area contributed by atoms with Gasteiger partial charge in [0.05, 0.1) is 23.3 Å². The van der Waals surface area contributed by atoms with E-state index in [0.29, 0.717) is 35.8 Å². The van der Waals surface area contributed by atoms with Gasteiger partial charge in [-0.15, -0.1) is 23.2 Å². The lowest BCUT2D eigenvalue weighted by Crippen LogP contribution is -2.78. The molecule has 2 saturated heterocycles. The second kappa shape index (κ2) is 12.6. The molecule has 2 N–H and O–H groups in total. The highest BCUT2D eigenvalue weighted by atomic mass is 35.5. The van der Waals surface area contributed by atoms with E-state index in [2.05, 4.69) is 0 Å². The van der Waals surface area contributed by atoms with Crippen LogP contribution in [0, 0.1) is 35.5 Å². The van der Waals surface area contributed by atoms with Crippen molar-refractivity contribution in [2.75, 3.05) is 13.2 Å². The van der Waals surface area contributed by atoms with Crippen LogP contribution >= 0.6 is 62.9 Å². The molecule has 12 nitrogen and oxygen atoms in total. The Labute approximate surface area is 333 Å². The van der Waals surface area contributed by atoms with Crippen LogP contribution in [0.2, 0.25) is 10.0 Å². The summed E-state index contributed by atoms with van der Waals surface area (Å²) >= 11 is 27.2. The van der Waals surface area contributed by atoms with Crippen LogP contribution < -0.4 is 9.05 Å². The molecule has 2 aromatic carbocycles. The highest BCUT2D eigenvalue weighted by Crippen LogP contribution is 2.73. The second-order valence-corrected chi connectivity index (χ2v) is 20.8. The molecular weight excluding hydrogens is 828 g/mol. The first kappa shape index (κ1) is 37.5. The van der Waals surface area contributed by atoms with Crippen molar-refractivity contribution in [1.82, 2.24) is 0 Å². The Morgan fingerprint density at radius 2 is 1.11 bits per heavy atom. The molecule has 0 radical (unpaired) electrons. The van der Waals surface area contributed by atoms with Gasteiger partial charge in [-0.1, -0.05) is 35.3 Å². The quantitative estimate of drug-likeness (QED) is 0.0961. The Morgan fingerprint density at radius 3 is 1.48 bits per heavy atom. The molecule has 2 aromatic rings. The number of benzene rings is 2. The van der Waals surface area contributed by atoms with E-state index in [9.17, 15) is 18.9 Å². The molecular formula is C36H38Cl4O12P2. The van der Waals surface area contributed by atoms with Gasteiger partial charge in [-0.3, -0.25) is 9.79 Å². The zero-order valence-corrected chi connectivity index (χ0v) is 33.6. The molecule has 18 heteroatoms. The highest BCUT2D eigenvalue weighted by Gasteiger charge is 2.80. The van der Waals surface area contributed by atoms with Crippen molar-refractivity contribution in [3.63, 3.8) is 0 Å². The molecule has 54 heavy (non-hydrogen) atoms. The average Bonchev–Trinajstić information content (AvgIpc) is 3.06. The van der Waals surface area contributed by atoms with E-state index < -0.39 is 39.3 Å². The zero-order valence-electron chi connectivity index (χ0n) is 28.8. The maximum absolute atomic E-state index is 11.9. The molecule has 2 heterocycles. The first-order valence-corrected chi connectivity index (χ1v) is 22.2. The lowest BCUT2D eigenvalue weighted by molar-refractivity contribution is -0.655. The normalized spacial score (nSPS) is 45.2. The van der Waals surface area contributed by atoms with Crippen molar-refractivity contribution in [3.05, 3.63) is 57.6 Å². The molecule has 6 unspecified atom stereocenters. The number of rotatable bonds is 11. The lowest BCUT2D eigenvalue weighted by atomic mass is 9.46. The van der Waals surface area contributed by atoms with Crippen LogP contribution in [0.1, 0.15) is 75.3 Å². The van der Waals surface area contributed by atoms with Crippen LogP contribution in [0.4, 0.5) is 0 Å².